The molecule has 1 aromatic rings. The predicted molar refractivity (Wildman–Crippen MR) is 82.1 cm³/mol. The Morgan fingerprint density at radius 2 is 1.90 bits per heavy atom. The number of anilines is 1. The summed E-state index contributed by atoms with van der Waals surface area (Å²) in [5.74, 6) is 2.13. The van der Waals surface area contributed by atoms with Gasteiger partial charge in [0.1, 0.15) is 11.6 Å². The van der Waals surface area contributed by atoms with Crippen molar-refractivity contribution in [3.05, 3.63) is 17.6 Å². The maximum atomic E-state index is 6.12. The van der Waals surface area contributed by atoms with Gasteiger partial charge in [-0.2, -0.15) is 0 Å². The third-order valence-electron chi connectivity index (χ3n) is 3.78. The Kier molecular flexibility index (Phi) is 3.80. The maximum absolute atomic E-state index is 6.12. The van der Waals surface area contributed by atoms with Crippen LogP contribution in [0.3, 0.4) is 0 Å². The standard InChI is InChI=1S/C16H27N3O/c1-10(2)14-17-11(3)8-13(19-14)18-12-9-15(4,5)20-16(12,6)7/h8,10,12H,9H2,1-7H3,(H,17,18,19). The molecule has 2 heterocycles. The Morgan fingerprint density at radius 1 is 1.25 bits per heavy atom. The lowest BCUT2D eigenvalue weighted by Crippen LogP contribution is -2.38. The molecule has 1 fully saturated rings. The fourth-order valence-corrected chi connectivity index (χ4v) is 2.89. The highest BCUT2D eigenvalue weighted by Crippen LogP contribution is 2.38. The molecule has 1 atom stereocenters. The topological polar surface area (TPSA) is 47.0 Å². The van der Waals surface area contributed by atoms with Gasteiger partial charge in [0.25, 0.3) is 0 Å². The van der Waals surface area contributed by atoms with E-state index in [0.717, 1.165) is 23.8 Å². The Labute approximate surface area is 122 Å². The molecule has 1 unspecified atom stereocenters. The molecule has 112 valence electrons. The first kappa shape index (κ1) is 15.2. The van der Waals surface area contributed by atoms with E-state index in [0.29, 0.717) is 5.92 Å². The van der Waals surface area contributed by atoms with Crippen LogP contribution in [-0.4, -0.2) is 27.2 Å². The van der Waals surface area contributed by atoms with Gasteiger partial charge in [-0.05, 0) is 41.0 Å². The van der Waals surface area contributed by atoms with Gasteiger partial charge in [-0.25, -0.2) is 9.97 Å². The van der Waals surface area contributed by atoms with Gasteiger partial charge in [0.15, 0.2) is 0 Å². The molecule has 0 bridgehead atoms. The van der Waals surface area contributed by atoms with Gasteiger partial charge in [0.05, 0.1) is 17.2 Å². The van der Waals surface area contributed by atoms with E-state index in [2.05, 4.69) is 56.8 Å². The zero-order chi connectivity index (χ0) is 15.1. The van der Waals surface area contributed by atoms with Gasteiger partial charge in [-0.3, -0.25) is 0 Å². The van der Waals surface area contributed by atoms with E-state index in [1.165, 1.54) is 0 Å². The van der Waals surface area contributed by atoms with Crippen molar-refractivity contribution in [1.29, 1.82) is 0 Å². The van der Waals surface area contributed by atoms with E-state index >= 15 is 0 Å². The van der Waals surface area contributed by atoms with Crippen molar-refractivity contribution in [3.8, 4) is 0 Å². The molecule has 0 spiro atoms. The van der Waals surface area contributed by atoms with Crippen LogP contribution in [0.5, 0.6) is 0 Å². The van der Waals surface area contributed by atoms with Crippen LogP contribution in [0.4, 0.5) is 5.82 Å². The quantitative estimate of drug-likeness (QED) is 0.915. The van der Waals surface area contributed by atoms with Crippen LogP contribution in [0.25, 0.3) is 0 Å². The van der Waals surface area contributed by atoms with E-state index in [-0.39, 0.29) is 17.2 Å². The lowest BCUT2D eigenvalue weighted by molar-refractivity contribution is -0.0662. The van der Waals surface area contributed by atoms with Gasteiger partial charge >= 0.3 is 0 Å². The summed E-state index contributed by atoms with van der Waals surface area (Å²) in [7, 11) is 0. The van der Waals surface area contributed by atoms with Gasteiger partial charge in [-0.1, -0.05) is 13.8 Å². The summed E-state index contributed by atoms with van der Waals surface area (Å²) in [5.41, 5.74) is 0.715. The monoisotopic (exact) mass is 277 g/mol. The number of hydrogen-bond donors (Lipinski definition) is 1. The number of aromatic nitrogens is 2. The number of ether oxygens (including phenoxy) is 1. The Morgan fingerprint density at radius 3 is 2.40 bits per heavy atom. The molecule has 0 aromatic carbocycles. The first-order valence-corrected chi connectivity index (χ1v) is 7.41. The molecule has 1 aliphatic rings. The Hall–Kier alpha value is -1.16. The highest BCUT2D eigenvalue weighted by Gasteiger charge is 2.46. The molecule has 0 amide bonds. The van der Waals surface area contributed by atoms with Crippen LogP contribution in [0.15, 0.2) is 6.07 Å². The molecule has 1 saturated heterocycles. The second kappa shape index (κ2) is 4.99. The molecule has 2 rings (SSSR count). The van der Waals surface area contributed by atoms with Gasteiger partial charge < -0.3 is 10.1 Å². The summed E-state index contributed by atoms with van der Waals surface area (Å²) >= 11 is 0. The number of aryl methyl sites for hydroxylation is 1. The summed E-state index contributed by atoms with van der Waals surface area (Å²) in [4.78, 5) is 9.12. The fourth-order valence-electron chi connectivity index (χ4n) is 2.89. The number of nitrogens with one attached hydrogen (secondary N) is 1. The van der Waals surface area contributed by atoms with Crippen LogP contribution in [0.1, 0.15) is 65.4 Å². The summed E-state index contributed by atoms with van der Waals surface area (Å²) in [6.07, 6.45) is 0.972. The van der Waals surface area contributed by atoms with Crippen LogP contribution in [0, 0.1) is 6.92 Å². The van der Waals surface area contributed by atoms with Crippen LogP contribution in [-0.2, 0) is 4.74 Å². The molecule has 0 saturated carbocycles. The van der Waals surface area contributed by atoms with E-state index < -0.39 is 0 Å². The van der Waals surface area contributed by atoms with Crippen molar-refractivity contribution in [2.24, 2.45) is 0 Å². The van der Waals surface area contributed by atoms with E-state index in [4.69, 9.17) is 4.74 Å². The summed E-state index contributed by atoms with van der Waals surface area (Å²) < 4.78 is 6.12. The first-order chi connectivity index (χ1) is 9.09. The summed E-state index contributed by atoms with van der Waals surface area (Å²) in [6, 6.07) is 2.26. The third kappa shape index (κ3) is 3.29. The number of hydrogen-bond acceptors (Lipinski definition) is 4. The largest absolute Gasteiger partial charge is 0.367 e. The van der Waals surface area contributed by atoms with Crippen LogP contribution in [0.2, 0.25) is 0 Å². The highest BCUT2D eigenvalue weighted by atomic mass is 16.5. The Balaban J connectivity index is 2.22. The van der Waals surface area contributed by atoms with Crippen molar-refractivity contribution in [1.82, 2.24) is 9.97 Å². The average Bonchev–Trinajstić information content (AvgIpc) is 2.45. The third-order valence-corrected chi connectivity index (χ3v) is 3.78. The second-order valence-electron chi connectivity index (χ2n) is 7.27. The lowest BCUT2D eigenvalue weighted by Gasteiger charge is -2.28. The van der Waals surface area contributed by atoms with E-state index in [1.54, 1.807) is 0 Å². The summed E-state index contributed by atoms with van der Waals surface area (Å²) in [5, 5.41) is 3.55. The van der Waals surface area contributed by atoms with Crippen molar-refractivity contribution < 1.29 is 4.74 Å². The normalized spacial score (nSPS) is 24.1. The van der Waals surface area contributed by atoms with Crippen molar-refractivity contribution in [3.63, 3.8) is 0 Å². The molecular formula is C16H27N3O. The predicted octanol–water partition coefficient (Wildman–Crippen LogP) is 3.67. The zero-order valence-electron chi connectivity index (χ0n) is 13.7. The average molecular weight is 277 g/mol. The van der Waals surface area contributed by atoms with Gasteiger partial charge in [0, 0.05) is 17.7 Å². The fraction of sp³-hybridized carbons (Fsp3) is 0.750. The molecule has 0 radical (unpaired) electrons. The Bertz CT molecular complexity index is 494. The van der Waals surface area contributed by atoms with Gasteiger partial charge in [-0.15, -0.1) is 0 Å². The van der Waals surface area contributed by atoms with Crippen molar-refractivity contribution in [2.75, 3.05) is 5.32 Å². The minimum atomic E-state index is -0.194. The minimum absolute atomic E-state index is 0.0931. The molecule has 4 nitrogen and oxygen atoms in total. The lowest BCUT2D eigenvalue weighted by atomic mass is 9.94. The molecule has 1 N–H and O–H groups in total. The molecule has 1 aliphatic heterocycles. The van der Waals surface area contributed by atoms with Crippen molar-refractivity contribution in [2.45, 2.75) is 78.0 Å². The van der Waals surface area contributed by atoms with Crippen molar-refractivity contribution >= 4 is 5.82 Å². The minimum Gasteiger partial charge on any atom is -0.367 e. The number of rotatable bonds is 3. The second-order valence-corrected chi connectivity index (χ2v) is 7.27. The molecular weight excluding hydrogens is 250 g/mol. The molecule has 20 heavy (non-hydrogen) atoms. The first-order valence-electron chi connectivity index (χ1n) is 7.41. The smallest absolute Gasteiger partial charge is 0.133 e. The molecule has 1 aromatic heterocycles. The van der Waals surface area contributed by atoms with Crippen LogP contribution < -0.4 is 5.32 Å². The van der Waals surface area contributed by atoms with E-state index in [9.17, 15) is 0 Å². The molecule has 0 aliphatic carbocycles. The van der Waals surface area contributed by atoms with Crippen LogP contribution >= 0.6 is 0 Å². The van der Waals surface area contributed by atoms with Gasteiger partial charge in [0.2, 0.25) is 0 Å². The number of nitrogens with zero attached hydrogens (tertiary/aromatic N) is 2. The zero-order valence-corrected chi connectivity index (χ0v) is 13.7. The summed E-state index contributed by atoms with van der Waals surface area (Å²) in [6.45, 7) is 14.8. The molecule has 4 heteroatoms. The van der Waals surface area contributed by atoms with E-state index in [1.807, 2.05) is 13.0 Å². The SMILES string of the molecule is Cc1cc(NC2CC(C)(C)OC2(C)C)nc(C(C)C)n1. The highest BCUT2D eigenvalue weighted by molar-refractivity contribution is 5.39. The maximum Gasteiger partial charge on any atom is 0.133 e.